The molecule has 0 aliphatic heterocycles. The standard InChI is InChI=1S/C11H16BF3NO.K/c1-16(2)7-4-8-17-11-6-3-5-10(9-11)12(13,14)15;/h3,5-6,9H,4,7-8H2,1-2H3;/q-1;+1. The molecular formula is C11H16BF3KNO. The normalized spacial score (nSPS) is 11.2. The van der Waals surface area contributed by atoms with E-state index in [4.69, 9.17) is 4.74 Å². The van der Waals surface area contributed by atoms with Gasteiger partial charge in [0.1, 0.15) is 5.75 Å². The van der Waals surface area contributed by atoms with Gasteiger partial charge in [-0.25, -0.2) is 0 Å². The average Bonchev–Trinajstić information content (AvgIpc) is 2.23. The number of nitrogens with zero attached hydrogens (tertiary/aromatic N) is 1. The summed E-state index contributed by atoms with van der Waals surface area (Å²) in [5.41, 5.74) is -0.616. The maximum absolute atomic E-state index is 12.5. The number of benzene rings is 1. The largest absolute Gasteiger partial charge is 1.00 e. The van der Waals surface area contributed by atoms with Crippen molar-refractivity contribution in [2.24, 2.45) is 0 Å². The Balaban J connectivity index is 0.00000289. The van der Waals surface area contributed by atoms with Crippen LogP contribution in [0.2, 0.25) is 0 Å². The summed E-state index contributed by atoms with van der Waals surface area (Å²) in [6.45, 7) is -3.67. The van der Waals surface area contributed by atoms with Crippen molar-refractivity contribution in [3.63, 3.8) is 0 Å². The van der Waals surface area contributed by atoms with Crippen LogP contribution in [0.5, 0.6) is 5.75 Å². The van der Waals surface area contributed by atoms with E-state index in [0.29, 0.717) is 6.61 Å². The Morgan fingerprint density at radius 3 is 2.44 bits per heavy atom. The Kier molecular flexibility index (Phi) is 8.83. The molecule has 0 atom stereocenters. The zero-order chi connectivity index (χ0) is 12.9. The first-order chi connectivity index (χ1) is 7.89. The summed E-state index contributed by atoms with van der Waals surface area (Å²) in [5, 5.41) is 0. The topological polar surface area (TPSA) is 12.5 Å². The van der Waals surface area contributed by atoms with Gasteiger partial charge in [-0.05, 0) is 32.6 Å². The van der Waals surface area contributed by atoms with Crippen molar-refractivity contribution in [1.29, 1.82) is 0 Å². The molecule has 0 spiro atoms. The van der Waals surface area contributed by atoms with Crippen molar-refractivity contribution >= 4 is 12.4 Å². The Morgan fingerprint density at radius 2 is 1.89 bits per heavy atom. The Morgan fingerprint density at radius 1 is 1.22 bits per heavy atom. The first-order valence-corrected chi connectivity index (χ1v) is 5.47. The van der Waals surface area contributed by atoms with Crippen LogP contribution in [0, 0.1) is 0 Å². The maximum atomic E-state index is 12.5. The molecule has 0 bridgehead atoms. The zero-order valence-corrected chi connectivity index (χ0v) is 14.1. The molecule has 18 heavy (non-hydrogen) atoms. The molecule has 0 saturated carbocycles. The molecule has 1 rings (SSSR count). The fourth-order valence-corrected chi connectivity index (χ4v) is 1.38. The molecule has 0 aliphatic carbocycles. The quantitative estimate of drug-likeness (QED) is 0.495. The third-order valence-corrected chi connectivity index (χ3v) is 2.25. The molecule has 0 fully saturated rings. The maximum Gasteiger partial charge on any atom is 1.00 e. The minimum atomic E-state index is -4.95. The minimum Gasteiger partial charge on any atom is -0.494 e. The monoisotopic (exact) mass is 285 g/mol. The Hall–Kier alpha value is 0.471. The number of hydrogen-bond acceptors (Lipinski definition) is 2. The fraction of sp³-hybridized carbons (Fsp3) is 0.455. The third kappa shape index (κ3) is 7.16. The third-order valence-electron chi connectivity index (χ3n) is 2.25. The molecule has 0 aromatic heterocycles. The fourth-order valence-electron chi connectivity index (χ4n) is 1.38. The second kappa shape index (κ2) is 8.60. The van der Waals surface area contributed by atoms with E-state index in [1.807, 2.05) is 19.0 Å². The van der Waals surface area contributed by atoms with Crippen molar-refractivity contribution < 1.29 is 69.1 Å². The summed E-state index contributed by atoms with van der Waals surface area (Å²) in [6.07, 6.45) is 0.786. The van der Waals surface area contributed by atoms with Crippen LogP contribution < -0.4 is 61.6 Å². The smallest absolute Gasteiger partial charge is 0.494 e. The molecule has 0 saturated heterocycles. The van der Waals surface area contributed by atoms with Crippen LogP contribution in [0.3, 0.4) is 0 Å². The number of ether oxygens (including phenoxy) is 1. The molecule has 0 radical (unpaired) electrons. The summed E-state index contributed by atoms with van der Waals surface area (Å²) in [6, 6.07) is 5.02. The first-order valence-electron chi connectivity index (χ1n) is 5.47. The van der Waals surface area contributed by atoms with Gasteiger partial charge < -0.3 is 22.6 Å². The van der Waals surface area contributed by atoms with Crippen molar-refractivity contribution in [1.82, 2.24) is 4.90 Å². The van der Waals surface area contributed by atoms with Crippen molar-refractivity contribution in [3.8, 4) is 5.75 Å². The molecule has 7 heteroatoms. The van der Waals surface area contributed by atoms with Gasteiger partial charge in [-0.1, -0.05) is 12.1 Å². The summed E-state index contributed by atoms with van der Waals surface area (Å²) in [7, 11) is 3.87. The molecule has 2 nitrogen and oxygen atoms in total. The number of hydrogen-bond donors (Lipinski definition) is 0. The van der Waals surface area contributed by atoms with Gasteiger partial charge in [0, 0.05) is 6.54 Å². The summed E-state index contributed by atoms with van der Waals surface area (Å²) in [5.74, 6) is 0.278. The van der Waals surface area contributed by atoms with E-state index in [9.17, 15) is 12.9 Å². The molecule has 0 amide bonds. The van der Waals surface area contributed by atoms with Gasteiger partial charge in [0.15, 0.2) is 0 Å². The van der Waals surface area contributed by atoms with Crippen molar-refractivity contribution in [2.75, 3.05) is 27.2 Å². The SMILES string of the molecule is CN(C)CCCOc1cccc([B-](F)(F)F)c1.[K+]. The van der Waals surface area contributed by atoms with Gasteiger partial charge in [0.25, 0.3) is 0 Å². The molecule has 96 valence electrons. The second-order valence-corrected chi connectivity index (χ2v) is 4.15. The van der Waals surface area contributed by atoms with E-state index in [-0.39, 0.29) is 57.1 Å². The van der Waals surface area contributed by atoms with Crippen LogP contribution in [0.15, 0.2) is 24.3 Å². The van der Waals surface area contributed by atoms with E-state index in [1.54, 1.807) is 6.07 Å². The molecule has 0 aliphatic rings. The predicted molar refractivity (Wildman–Crippen MR) is 63.8 cm³/mol. The summed E-state index contributed by atoms with van der Waals surface area (Å²) < 4.78 is 42.7. The van der Waals surface area contributed by atoms with E-state index < -0.39 is 12.4 Å². The molecule has 1 aromatic rings. The predicted octanol–water partition coefficient (Wildman–Crippen LogP) is -0.924. The van der Waals surface area contributed by atoms with E-state index in [0.717, 1.165) is 25.1 Å². The number of rotatable bonds is 6. The Bertz CT molecular complexity index is 360. The van der Waals surface area contributed by atoms with E-state index in [1.165, 1.54) is 6.07 Å². The average molecular weight is 285 g/mol. The van der Waals surface area contributed by atoms with Crippen LogP contribution in [-0.4, -0.2) is 39.1 Å². The minimum absolute atomic E-state index is 0. The molecule has 0 unspecified atom stereocenters. The van der Waals surface area contributed by atoms with Crippen molar-refractivity contribution in [3.05, 3.63) is 24.3 Å². The Labute approximate surface area is 148 Å². The van der Waals surface area contributed by atoms with Gasteiger partial charge >= 0.3 is 58.4 Å². The first kappa shape index (κ1) is 18.5. The van der Waals surface area contributed by atoms with Crippen LogP contribution >= 0.6 is 0 Å². The van der Waals surface area contributed by atoms with Crippen LogP contribution in [0.25, 0.3) is 0 Å². The van der Waals surface area contributed by atoms with Gasteiger partial charge in [-0.3, -0.25) is 0 Å². The van der Waals surface area contributed by atoms with Gasteiger partial charge in [0.2, 0.25) is 0 Å². The van der Waals surface area contributed by atoms with Crippen LogP contribution in [-0.2, 0) is 0 Å². The van der Waals surface area contributed by atoms with Crippen LogP contribution in [0.4, 0.5) is 12.9 Å². The second-order valence-electron chi connectivity index (χ2n) is 4.15. The van der Waals surface area contributed by atoms with Crippen molar-refractivity contribution in [2.45, 2.75) is 6.42 Å². The van der Waals surface area contributed by atoms with Gasteiger partial charge in [-0.2, -0.15) is 0 Å². The van der Waals surface area contributed by atoms with Gasteiger partial charge in [0.05, 0.1) is 6.61 Å². The van der Waals surface area contributed by atoms with E-state index in [2.05, 4.69) is 0 Å². The molecular weight excluding hydrogens is 269 g/mol. The number of halogens is 3. The summed E-state index contributed by atoms with van der Waals surface area (Å²) >= 11 is 0. The van der Waals surface area contributed by atoms with Gasteiger partial charge in [-0.15, -0.1) is 5.46 Å². The van der Waals surface area contributed by atoms with Crippen LogP contribution in [0.1, 0.15) is 6.42 Å². The molecule has 1 aromatic carbocycles. The van der Waals surface area contributed by atoms with E-state index >= 15 is 0 Å². The molecule has 0 heterocycles. The zero-order valence-electron chi connectivity index (χ0n) is 11.0. The summed E-state index contributed by atoms with van der Waals surface area (Å²) in [4.78, 5) is 2.00. The molecule has 0 N–H and O–H groups in total.